The molecule has 19 heavy (non-hydrogen) atoms. The molecule has 102 valence electrons. The highest BCUT2D eigenvalue weighted by molar-refractivity contribution is 5.93. The van der Waals surface area contributed by atoms with Crippen LogP contribution in [0.2, 0.25) is 0 Å². The Morgan fingerprint density at radius 3 is 2.47 bits per heavy atom. The number of carbonyl (C=O) groups excluding carboxylic acids is 2. The third-order valence-corrected chi connectivity index (χ3v) is 3.19. The molecule has 0 saturated carbocycles. The first-order valence-electron chi connectivity index (χ1n) is 6.48. The number of urea groups is 1. The molecule has 0 atom stereocenters. The first-order valence-corrected chi connectivity index (χ1v) is 6.48. The number of nitrogens with zero attached hydrogens (tertiary/aromatic N) is 2. The number of hydrogen-bond acceptors (Lipinski definition) is 2. The van der Waals surface area contributed by atoms with Crippen molar-refractivity contribution in [2.24, 2.45) is 0 Å². The van der Waals surface area contributed by atoms with Gasteiger partial charge in [-0.15, -0.1) is 0 Å². The molecule has 1 N–H and O–H groups in total. The summed E-state index contributed by atoms with van der Waals surface area (Å²) in [5.74, 6) is 0.00413. The highest BCUT2D eigenvalue weighted by atomic mass is 16.2. The van der Waals surface area contributed by atoms with Gasteiger partial charge in [0.1, 0.15) is 6.54 Å². The number of anilines is 1. The number of rotatable bonds is 2. The second kappa shape index (κ2) is 5.73. The van der Waals surface area contributed by atoms with Crippen LogP contribution in [0.1, 0.15) is 13.8 Å². The topological polar surface area (TPSA) is 52.6 Å². The van der Waals surface area contributed by atoms with Crippen LogP contribution in [0, 0.1) is 0 Å². The summed E-state index contributed by atoms with van der Waals surface area (Å²) in [4.78, 5) is 27.3. The van der Waals surface area contributed by atoms with E-state index in [2.05, 4.69) is 5.32 Å². The predicted molar refractivity (Wildman–Crippen MR) is 73.9 cm³/mol. The molecule has 0 aromatic heterocycles. The molecular formula is C14H19N3O2. The van der Waals surface area contributed by atoms with Crippen LogP contribution in [0.4, 0.5) is 10.5 Å². The fourth-order valence-corrected chi connectivity index (χ4v) is 2.13. The molecule has 1 aliphatic rings. The van der Waals surface area contributed by atoms with E-state index in [-0.39, 0.29) is 24.5 Å². The van der Waals surface area contributed by atoms with E-state index in [1.165, 1.54) is 0 Å². The van der Waals surface area contributed by atoms with Crippen molar-refractivity contribution in [3.05, 3.63) is 30.3 Å². The summed E-state index contributed by atoms with van der Waals surface area (Å²) < 4.78 is 0. The molecule has 0 aliphatic carbocycles. The molecule has 0 radical (unpaired) electrons. The number of hydrogen-bond donors (Lipinski definition) is 1. The lowest BCUT2D eigenvalue weighted by Crippen LogP contribution is -2.55. The second-order valence-corrected chi connectivity index (χ2v) is 4.90. The van der Waals surface area contributed by atoms with E-state index in [1.807, 2.05) is 44.2 Å². The maximum Gasteiger partial charge on any atom is 0.322 e. The summed E-state index contributed by atoms with van der Waals surface area (Å²) in [7, 11) is 0. The summed E-state index contributed by atoms with van der Waals surface area (Å²) in [5, 5.41) is 2.79. The molecular weight excluding hydrogens is 242 g/mol. The van der Waals surface area contributed by atoms with Crippen molar-refractivity contribution < 1.29 is 9.59 Å². The minimum absolute atomic E-state index is 0.00413. The largest absolute Gasteiger partial charge is 0.337 e. The zero-order valence-electron chi connectivity index (χ0n) is 11.3. The Morgan fingerprint density at radius 2 is 1.89 bits per heavy atom. The predicted octanol–water partition coefficient (Wildman–Crippen LogP) is 1.77. The van der Waals surface area contributed by atoms with Crippen LogP contribution in [-0.4, -0.2) is 47.4 Å². The molecule has 0 spiro atoms. The number of para-hydroxylation sites is 1. The normalized spacial score (nSPS) is 15.8. The summed E-state index contributed by atoms with van der Waals surface area (Å²) in [5.41, 5.74) is 0.742. The Bertz CT molecular complexity index is 459. The highest BCUT2D eigenvalue weighted by Gasteiger charge is 2.28. The number of benzene rings is 1. The maximum absolute atomic E-state index is 12.0. The van der Waals surface area contributed by atoms with E-state index in [0.717, 1.165) is 5.69 Å². The van der Waals surface area contributed by atoms with Gasteiger partial charge in [-0.05, 0) is 26.0 Å². The van der Waals surface area contributed by atoms with Crippen LogP contribution in [0.15, 0.2) is 30.3 Å². The van der Waals surface area contributed by atoms with Gasteiger partial charge in [0.15, 0.2) is 0 Å². The Balaban J connectivity index is 1.93. The van der Waals surface area contributed by atoms with Gasteiger partial charge < -0.3 is 15.1 Å². The molecule has 5 heteroatoms. The second-order valence-electron chi connectivity index (χ2n) is 4.90. The lowest BCUT2D eigenvalue weighted by molar-refractivity contribution is -0.136. The first kappa shape index (κ1) is 13.4. The van der Waals surface area contributed by atoms with Crippen LogP contribution in [0.25, 0.3) is 0 Å². The standard InChI is InChI=1S/C14H19N3O2/c1-11(2)17-9-8-16(10-13(17)18)14(19)15-12-6-4-3-5-7-12/h3-7,11H,8-10H2,1-2H3,(H,15,19). The SMILES string of the molecule is CC(C)N1CCN(C(=O)Nc2ccccc2)CC1=O. The van der Waals surface area contributed by atoms with Gasteiger partial charge in [0.25, 0.3) is 0 Å². The van der Waals surface area contributed by atoms with Crippen LogP contribution in [0.3, 0.4) is 0 Å². The van der Waals surface area contributed by atoms with E-state index in [0.29, 0.717) is 13.1 Å². The third-order valence-electron chi connectivity index (χ3n) is 3.19. The minimum Gasteiger partial charge on any atom is -0.337 e. The van der Waals surface area contributed by atoms with Gasteiger partial charge in [-0.3, -0.25) is 4.79 Å². The summed E-state index contributed by atoms with van der Waals surface area (Å²) >= 11 is 0. The van der Waals surface area contributed by atoms with Crippen LogP contribution in [0.5, 0.6) is 0 Å². The fraction of sp³-hybridized carbons (Fsp3) is 0.429. The van der Waals surface area contributed by atoms with Crippen LogP contribution in [-0.2, 0) is 4.79 Å². The minimum atomic E-state index is -0.219. The molecule has 1 fully saturated rings. The highest BCUT2D eigenvalue weighted by Crippen LogP contribution is 2.11. The zero-order chi connectivity index (χ0) is 13.8. The van der Waals surface area contributed by atoms with Gasteiger partial charge >= 0.3 is 6.03 Å². The Labute approximate surface area is 113 Å². The van der Waals surface area contributed by atoms with E-state index in [1.54, 1.807) is 9.80 Å². The summed E-state index contributed by atoms with van der Waals surface area (Å²) in [6.45, 7) is 5.29. The van der Waals surface area contributed by atoms with Crippen molar-refractivity contribution in [1.29, 1.82) is 0 Å². The molecule has 0 unspecified atom stereocenters. The molecule has 1 saturated heterocycles. The number of piperazine rings is 1. The van der Waals surface area contributed by atoms with E-state index in [4.69, 9.17) is 0 Å². The number of carbonyl (C=O) groups is 2. The van der Waals surface area contributed by atoms with Crippen molar-refractivity contribution in [1.82, 2.24) is 9.80 Å². The molecule has 1 aromatic rings. The fourth-order valence-electron chi connectivity index (χ4n) is 2.13. The average molecular weight is 261 g/mol. The van der Waals surface area contributed by atoms with Gasteiger partial charge in [-0.25, -0.2) is 4.79 Å². The first-order chi connectivity index (χ1) is 9.08. The molecule has 1 heterocycles. The Morgan fingerprint density at radius 1 is 1.21 bits per heavy atom. The number of nitrogens with one attached hydrogen (secondary N) is 1. The van der Waals surface area contributed by atoms with E-state index < -0.39 is 0 Å². The quantitative estimate of drug-likeness (QED) is 0.882. The summed E-state index contributed by atoms with van der Waals surface area (Å²) in [6, 6.07) is 9.22. The number of amides is 3. The van der Waals surface area contributed by atoms with Crippen molar-refractivity contribution in [3.63, 3.8) is 0 Å². The van der Waals surface area contributed by atoms with Gasteiger partial charge in [0.05, 0.1) is 0 Å². The lowest BCUT2D eigenvalue weighted by atomic mass is 10.2. The van der Waals surface area contributed by atoms with Crippen molar-refractivity contribution in [2.45, 2.75) is 19.9 Å². The monoisotopic (exact) mass is 261 g/mol. The summed E-state index contributed by atoms with van der Waals surface area (Å²) in [6.07, 6.45) is 0. The smallest absolute Gasteiger partial charge is 0.322 e. The zero-order valence-corrected chi connectivity index (χ0v) is 11.3. The lowest BCUT2D eigenvalue weighted by Gasteiger charge is -2.36. The van der Waals surface area contributed by atoms with Gasteiger partial charge in [0, 0.05) is 24.8 Å². The third kappa shape index (κ3) is 3.24. The molecule has 1 aliphatic heterocycles. The van der Waals surface area contributed by atoms with Crippen molar-refractivity contribution in [2.75, 3.05) is 25.0 Å². The van der Waals surface area contributed by atoms with Crippen molar-refractivity contribution in [3.8, 4) is 0 Å². The van der Waals surface area contributed by atoms with E-state index >= 15 is 0 Å². The van der Waals surface area contributed by atoms with Crippen LogP contribution >= 0.6 is 0 Å². The molecule has 2 rings (SSSR count). The van der Waals surface area contributed by atoms with Gasteiger partial charge in [-0.2, -0.15) is 0 Å². The molecule has 0 bridgehead atoms. The van der Waals surface area contributed by atoms with E-state index in [9.17, 15) is 9.59 Å². The molecule has 3 amide bonds. The molecule has 5 nitrogen and oxygen atoms in total. The maximum atomic E-state index is 12.0. The average Bonchev–Trinajstić information content (AvgIpc) is 2.39. The van der Waals surface area contributed by atoms with Gasteiger partial charge in [0.2, 0.25) is 5.91 Å². The van der Waals surface area contributed by atoms with Crippen molar-refractivity contribution >= 4 is 17.6 Å². The Kier molecular flexibility index (Phi) is 4.04. The molecule has 1 aromatic carbocycles. The van der Waals surface area contributed by atoms with Crippen LogP contribution < -0.4 is 5.32 Å². The van der Waals surface area contributed by atoms with Gasteiger partial charge in [-0.1, -0.05) is 18.2 Å². The Hall–Kier alpha value is -2.04.